The van der Waals surface area contributed by atoms with Crippen molar-refractivity contribution in [2.75, 3.05) is 24.0 Å². The zero-order valence-electron chi connectivity index (χ0n) is 17.5. The lowest BCUT2D eigenvalue weighted by Gasteiger charge is -2.22. The molecule has 0 atom stereocenters. The smallest absolute Gasteiger partial charge is 0.283 e. The fourth-order valence-electron chi connectivity index (χ4n) is 3.42. The average molecular weight is 431 g/mol. The number of hydrogen-bond donors (Lipinski definition) is 0. The maximum atomic E-state index is 13.6. The number of methoxy groups -OCH3 is 1. The van der Waals surface area contributed by atoms with Crippen LogP contribution in [-0.4, -0.2) is 26.0 Å². The molecule has 3 aromatic carbocycles. The van der Waals surface area contributed by atoms with Gasteiger partial charge >= 0.3 is 0 Å². The van der Waals surface area contributed by atoms with E-state index in [1.165, 1.54) is 23.8 Å². The van der Waals surface area contributed by atoms with Gasteiger partial charge in [-0.3, -0.25) is 9.59 Å². The van der Waals surface area contributed by atoms with Crippen LogP contribution in [0.2, 0.25) is 0 Å². The maximum absolute atomic E-state index is 13.6. The Hall–Kier alpha value is -3.51. The molecule has 0 saturated carbocycles. The first-order valence-electron chi connectivity index (χ1n) is 9.80. The van der Waals surface area contributed by atoms with Crippen LogP contribution in [0.5, 0.6) is 5.75 Å². The highest BCUT2D eigenvalue weighted by Gasteiger charge is 2.43. The van der Waals surface area contributed by atoms with Crippen LogP contribution in [-0.2, 0) is 9.59 Å². The summed E-state index contributed by atoms with van der Waals surface area (Å²) in [5.74, 6) is -0.277. The van der Waals surface area contributed by atoms with Crippen LogP contribution in [0.4, 0.5) is 11.4 Å². The molecule has 31 heavy (non-hydrogen) atoms. The fourth-order valence-corrected chi connectivity index (χ4v) is 4.43. The molecule has 0 N–H and O–H groups in total. The second kappa shape index (κ2) is 8.70. The summed E-state index contributed by atoms with van der Waals surface area (Å²) >= 11 is 1.30. The van der Waals surface area contributed by atoms with E-state index in [4.69, 9.17) is 4.74 Å². The molecule has 0 radical (unpaired) electrons. The van der Waals surface area contributed by atoms with Crippen LogP contribution in [0.15, 0.2) is 94.4 Å². The zero-order chi connectivity index (χ0) is 22.0. The summed E-state index contributed by atoms with van der Waals surface area (Å²) in [5.41, 5.74) is 2.72. The number of benzene rings is 3. The topological polar surface area (TPSA) is 49.9 Å². The lowest BCUT2D eigenvalue weighted by Crippen LogP contribution is -2.34. The summed E-state index contributed by atoms with van der Waals surface area (Å²) in [6.07, 6.45) is 0. The molecule has 0 aromatic heterocycles. The predicted molar refractivity (Wildman–Crippen MR) is 124 cm³/mol. The summed E-state index contributed by atoms with van der Waals surface area (Å²) in [5, 5.41) is 0. The minimum Gasteiger partial charge on any atom is -0.495 e. The molecule has 0 aliphatic carbocycles. The summed E-state index contributed by atoms with van der Waals surface area (Å²) in [6.45, 7) is 2.01. The average Bonchev–Trinajstić information content (AvgIpc) is 3.04. The van der Waals surface area contributed by atoms with Gasteiger partial charge in [0.2, 0.25) is 0 Å². The standard InChI is InChI=1S/C25H22N2O3S/c1-17-13-15-19(16-14-17)31-23-22(26(2)18-9-5-4-6-10-18)24(28)27(25(23)29)20-11-7-8-12-21(20)30-3/h4-16H,1-3H3. The first-order chi connectivity index (χ1) is 15.0. The Kier molecular flexibility index (Phi) is 5.82. The minimum absolute atomic E-state index is 0.340. The molecule has 156 valence electrons. The number of likely N-dealkylation sites (N-methyl/N-ethyl adjacent to an activating group) is 1. The number of hydrogen-bond acceptors (Lipinski definition) is 5. The first kappa shape index (κ1) is 20.8. The Bertz CT molecular complexity index is 1160. The number of thioether (sulfide) groups is 1. The van der Waals surface area contributed by atoms with Gasteiger partial charge in [-0.2, -0.15) is 0 Å². The van der Waals surface area contributed by atoms with Crippen LogP contribution >= 0.6 is 11.8 Å². The highest BCUT2D eigenvalue weighted by atomic mass is 32.2. The van der Waals surface area contributed by atoms with Crippen LogP contribution in [0.3, 0.4) is 0 Å². The van der Waals surface area contributed by atoms with Crippen LogP contribution < -0.4 is 14.5 Å². The Morgan fingerprint density at radius 3 is 2.16 bits per heavy atom. The van der Waals surface area contributed by atoms with Crippen molar-refractivity contribution in [2.24, 2.45) is 0 Å². The van der Waals surface area contributed by atoms with E-state index in [1.807, 2.05) is 61.5 Å². The Balaban J connectivity index is 1.81. The SMILES string of the molecule is COc1ccccc1N1C(=O)C(Sc2ccc(C)cc2)=C(N(C)c2ccccc2)C1=O. The molecule has 0 bridgehead atoms. The lowest BCUT2D eigenvalue weighted by molar-refractivity contribution is -0.120. The van der Waals surface area contributed by atoms with Gasteiger partial charge in [0.15, 0.2) is 0 Å². The van der Waals surface area contributed by atoms with Crippen LogP contribution in [0.25, 0.3) is 0 Å². The maximum Gasteiger partial charge on any atom is 0.283 e. The molecule has 1 aliphatic rings. The van der Waals surface area contributed by atoms with Crippen molar-refractivity contribution >= 4 is 35.0 Å². The Labute approximate surface area is 185 Å². The molecule has 1 aliphatic heterocycles. The van der Waals surface area contributed by atoms with Gasteiger partial charge in [0.25, 0.3) is 11.8 Å². The number of rotatable bonds is 6. The van der Waals surface area contributed by atoms with Crippen molar-refractivity contribution in [1.29, 1.82) is 0 Å². The molecule has 0 saturated heterocycles. The zero-order valence-corrected chi connectivity index (χ0v) is 18.3. The third-order valence-corrected chi connectivity index (χ3v) is 6.14. The normalized spacial score (nSPS) is 13.7. The van der Waals surface area contributed by atoms with Gasteiger partial charge in [-0.15, -0.1) is 0 Å². The summed E-state index contributed by atoms with van der Waals surface area (Å²) in [7, 11) is 3.33. The van der Waals surface area contributed by atoms with Gasteiger partial charge in [-0.1, -0.05) is 59.8 Å². The van der Waals surface area contributed by atoms with E-state index in [-0.39, 0.29) is 11.8 Å². The number of carbonyl (C=O) groups excluding carboxylic acids is 2. The molecule has 0 spiro atoms. The largest absolute Gasteiger partial charge is 0.495 e. The van der Waals surface area contributed by atoms with Gasteiger partial charge in [-0.05, 0) is 43.3 Å². The fraction of sp³-hybridized carbons (Fsp3) is 0.120. The van der Waals surface area contributed by atoms with E-state index >= 15 is 0 Å². The molecule has 1 heterocycles. The highest BCUT2D eigenvalue weighted by molar-refractivity contribution is 8.04. The summed E-state index contributed by atoms with van der Waals surface area (Å²) in [4.78, 5) is 31.4. The van der Waals surface area contributed by atoms with Crippen molar-refractivity contribution in [3.8, 4) is 5.75 Å². The Morgan fingerprint density at radius 1 is 0.839 bits per heavy atom. The van der Waals surface area contributed by atoms with E-state index in [9.17, 15) is 9.59 Å². The predicted octanol–water partition coefficient (Wildman–Crippen LogP) is 5.02. The monoisotopic (exact) mass is 430 g/mol. The second-order valence-electron chi connectivity index (χ2n) is 7.10. The van der Waals surface area contributed by atoms with Crippen molar-refractivity contribution in [2.45, 2.75) is 11.8 Å². The second-order valence-corrected chi connectivity index (χ2v) is 8.19. The van der Waals surface area contributed by atoms with Crippen molar-refractivity contribution < 1.29 is 14.3 Å². The molecule has 0 unspecified atom stereocenters. The molecule has 2 amide bonds. The quantitative estimate of drug-likeness (QED) is 0.514. The number of para-hydroxylation sites is 3. The summed E-state index contributed by atoms with van der Waals surface area (Å²) in [6, 6.07) is 24.5. The molecule has 4 rings (SSSR count). The van der Waals surface area contributed by atoms with Crippen LogP contribution in [0, 0.1) is 6.92 Å². The van der Waals surface area contributed by atoms with E-state index in [1.54, 1.807) is 36.2 Å². The van der Waals surface area contributed by atoms with Gasteiger partial charge in [0, 0.05) is 17.6 Å². The highest BCUT2D eigenvalue weighted by Crippen LogP contribution is 2.41. The third kappa shape index (κ3) is 3.94. The molecule has 0 fully saturated rings. The first-order valence-corrected chi connectivity index (χ1v) is 10.6. The molecular formula is C25H22N2O3S. The van der Waals surface area contributed by atoms with Gasteiger partial charge in [-0.25, -0.2) is 4.90 Å². The molecule has 6 heteroatoms. The minimum atomic E-state index is -0.379. The number of carbonyl (C=O) groups is 2. The number of ether oxygens (including phenoxy) is 1. The van der Waals surface area contributed by atoms with Crippen molar-refractivity contribution in [3.05, 3.63) is 95.0 Å². The molecular weight excluding hydrogens is 408 g/mol. The lowest BCUT2D eigenvalue weighted by atomic mass is 10.2. The number of nitrogens with zero attached hydrogens (tertiary/aromatic N) is 2. The number of anilines is 2. The van der Waals surface area contributed by atoms with Crippen molar-refractivity contribution in [1.82, 2.24) is 0 Å². The Morgan fingerprint density at radius 2 is 1.48 bits per heavy atom. The van der Waals surface area contributed by atoms with Crippen molar-refractivity contribution in [3.63, 3.8) is 0 Å². The van der Waals surface area contributed by atoms with E-state index in [2.05, 4.69) is 0 Å². The third-order valence-electron chi connectivity index (χ3n) is 5.06. The van der Waals surface area contributed by atoms with Gasteiger partial charge in [0.05, 0.1) is 12.8 Å². The molecule has 5 nitrogen and oxygen atoms in total. The van der Waals surface area contributed by atoms with E-state index in [0.29, 0.717) is 22.0 Å². The van der Waals surface area contributed by atoms with E-state index < -0.39 is 0 Å². The number of amides is 2. The van der Waals surface area contributed by atoms with Gasteiger partial charge in [0.1, 0.15) is 16.4 Å². The van der Waals surface area contributed by atoms with Gasteiger partial charge < -0.3 is 9.64 Å². The number of imide groups is 1. The number of aryl methyl sites for hydroxylation is 1. The molecule has 3 aromatic rings. The van der Waals surface area contributed by atoms with E-state index in [0.717, 1.165) is 16.1 Å². The van der Waals surface area contributed by atoms with Crippen LogP contribution in [0.1, 0.15) is 5.56 Å². The summed E-state index contributed by atoms with van der Waals surface area (Å²) < 4.78 is 5.42.